The molecule has 130 valence electrons. The maximum absolute atomic E-state index is 11.8. The lowest BCUT2D eigenvalue weighted by molar-refractivity contribution is 0.111. The van der Waals surface area contributed by atoms with Crippen molar-refractivity contribution in [1.29, 1.82) is 0 Å². The number of imidazole rings is 1. The zero-order valence-corrected chi connectivity index (χ0v) is 15.1. The molecule has 0 fully saturated rings. The average molecular weight is 364 g/mol. The van der Waals surface area contributed by atoms with E-state index in [1.54, 1.807) is 31.6 Å². The molecule has 0 atom stereocenters. The van der Waals surface area contributed by atoms with Crippen LogP contribution in [0.3, 0.4) is 0 Å². The summed E-state index contributed by atoms with van der Waals surface area (Å²) in [6.07, 6.45) is 2.78. The van der Waals surface area contributed by atoms with E-state index >= 15 is 0 Å². The summed E-state index contributed by atoms with van der Waals surface area (Å²) in [4.78, 5) is 18.3. The molecule has 2 aromatic heterocycles. The van der Waals surface area contributed by atoms with Crippen molar-refractivity contribution in [2.75, 3.05) is 14.2 Å². The van der Waals surface area contributed by atoms with Crippen LogP contribution in [-0.4, -0.2) is 29.9 Å². The molecule has 0 radical (unpaired) electrons. The number of benzene rings is 2. The van der Waals surface area contributed by atoms with Gasteiger partial charge in [-0.25, -0.2) is 4.98 Å². The zero-order chi connectivity index (χ0) is 18.1. The average Bonchev–Trinajstić information content (AvgIpc) is 3.25. The van der Waals surface area contributed by atoms with Gasteiger partial charge in [-0.2, -0.15) is 0 Å². The van der Waals surface area contributed by atoms with Crippen LogP contribution in [0.25, 0.3) is 26.7 Å². The maximum atomic E-state index is 11.8. The molecule has 6 heteroatoms. The SMILES string of the molecule is COc1ccc(-c2nc3sc(-c4ccccc4)cn3c2C=O)c(OC)c1. The summed E-state index contributed by atoms with van der Waals surface area (Å²) in [5, 5.41) is 0. The van der Waals surface area contributed by atoms with Crippen LogP contribution < -0.4 is 9.47 Å². The molecule has 26 heavy (non-hydrogen) atoms. The first-order valence-corrected chi connectivity index (χ1v) is 8.81. The van der Waals surface area contributed by atoms with Gasteiger partial charge < -0.3 is 9.47 Å². The third kappa shape index (κ3) is 2.64. The Hall–Kier alpha value is -3.12. The van der Waals surface area contributed by atoms with Gasteiger partial charge in [0.1, 0.15) is 22.9 Å². The first-order valence-electron chi connectivity index (χ1n) is 8.00. The smallest absolute Gasteiger partial charge is 0.195 e. The van der Waals surface area contributed by atoms with Crippen molar-refractivity contribution in [3.63, 3.8) is 0 Å². The quantitative estimate of drug-likeness (QED) is 0.487. The topological polar surface area (TPSA) is 52.8 Å². The van der Waals surface area contributed by atoms with Crippen LogP contribution in [0, 0.1) is 0 Å². The number of carbonyl (C=O) groups is 1. The Morgan fingerprint density at radius 1 is 1.08 bits per heavy atom. The predicted molar refractivity (Wildman–Crippen MR) is 102 cm³/mol. The highest BCUT2D eigenvalue weighted by Gasteiger charge is 2.19. The number of hydrogen-bond acceptors (Lipinski definition) is 5. The van der Waals surface area contributed by atoms with Gasteiger partial charge in [0.15, 0.2) is 11.2 Å². The highest BCUT2D eigenvalue weighted by Crippen LogP contribution is 2.37. The lowest BCUT2D eigenvalue weighted by Crippen LogP contribution is -1.94. The standard InChI is InChI=1S/C20H16N2O3S/c1-24-14-8-9-15(17(10-14)25-2)19-16(12-23)22-11-18(26-20(22)21-19)13-6-4-3-5-7-13/h3-12H,1-2H3. The summed E-state index contributed by atoms with van der Waals surface area (Å²) >= 11 is 1.54. The van der Waals surface area contributed by atoms with Crippen LogP contribution in [0.5, 0.6) is 11.5 Å². The van der Waals surface area contributed by atoms with Crippen molar-refractivity contribution in [2.24, 2.45) is 0 Å². The fourth-order valence-corrected chi connectivity index (χ4v) is 3.90. The fourth-order valence-electron chi connectivity index (χ4n) is 2.90. The van der Waals surface area contributed by atoms with Crippen molar-refractivity contribution in [3.8, 4) is 33.2 Å². The number of fused-ring (bicyclic) bond motifs is 1. The minimum atomic E-state index is 0.502. The van der Waals surface area contributed by atoms with E-state index in [9.17, 15) is 4.79 Å². The third-order valence-corrected chi connectivity index (χ3v) is 5.23. The van der Waals surface area contributed by atoms with Gasteiger partial charge >= 0.3 is 0 Å². The Balaban J connectivity index is 1.87. The molecule has 0 bridgehead atoms. The molecule has 0 aliphatic rings. The molecule has 0 spiro atoms. The van der Waals surface area contributed by atoms with Gasteiger partial charge in [0.2, 0.25) is 0 Å². The van der Waals surface area contributed by atoms with Crippen LogP contribution >= 0.6 is 11.3 Å². The molecule has 0 aliphatic carbocycles. The van der Waals surface area contributed by atoms with Crippen LogP contribution in [0.2, 0.25) is 0 Å². The summed E-state index contributed by atoms with van der Waals surface area (Å²) < 4.78 is 12.5. The number of nitrogens with zero attached hydrogens (tertiary/aromatic N) is 2. The van der Waals surface area contributed by atoms with E-state index in [0.29, 0.717) is 22.9 Å². The van der Waals surface area contributed by atoms with Gasteiger partial charge in [0, 0.05) is 17.8 Å². The maximum Gasteiger partial charge on any atom is 0.195 e. The summed E-state index contributed by atoms with van der Waals surface area (Å²) in [7, 11) is 3.19. The molecule has 0 aliphatic heterocycles. The van der Waals surface area contributed by atoms with Crippen molar-refractivity contribution in [3.05, 3.63) is 60.4 Å². The Kier molecular flexibility index (Phi) is 4.18. The van der Waals surface area contributed by atoms with Gasteiger partial charge in [-0.05, 0) is 17.7 Å². The molecule has 2 heterocycles. The molecular formula is C20H16N2O3S. The number of carbonyl (C=O) groups excluding carboxylic acids is 1. The number of ether oxygens (including phenoxy) is 2. The summed E-state index contributed by atoms with van der Waals surface area (Å²) in [6, 6.07) is 15.5. The molecule has 0 saturated heterocycles. The third-order valence-electron chi connectivity index (χ3n) is 4.20. The molecular weight excluding hydrogens is 348 g/mol. The molecule has 4 rings (SSSR count). The molecule has 0 unspecified atom stereocenters. The van der Waals surface area contributed by atoms with E-state index in [0.717, 1.165) is 27.3 Å². The van der Waals surface area contributed by atoms with E-state index < -0.39 is 0 Å². The summed E-state index contributed by atoms with van der Waals surface area (Å²) in [6.45, 7) is 0. The van der Waals surface area contributed by atoms with E-state index in [2.05, 4.69) is 0 Å². The zero-order valence-electron chi connectivity index (χ0n) is 14.3. The number of rotatable bonds is 5. The van der Waals surface area contributed by atoms with E-state index in [4.69, 9.17) is 14.5 Å². The molecule has 2 aromatic carbocycles. The largest absolute Gasteiger partial charge is 0.497 e. The highest BCUT2D eigenvalue weighted by atomic mass is 32.1. The van der Waals surface area contributed by atoms with Gasteiger partial charge in [0.05, 0.1) is 19.1 Å². The number of aromatic nitrogens is 2. The second-order valence-electron chi connectivity index (χ2n) is 5.64. The Labute approximate surface area is 154 Å². The van der Waals surface area contributed by atoms with Crippen molar-refractivity contribution >= 4 is 22.6 Å². The normalized spacial score (nSPS) is 10.8. The van der Waals surface area contributed by atoms with E-state index in [1.807, 2.05) is 53.1 Å². The van der Waals surface area contributed by atoms with Gasteiger partial charge in [-0.3, -0.25) is 9.20 Å². The van der Waals surface area contributed by atoms with E-state index in [1.165, 1.54) is 0 Å². The van der Waals surface area contributed by atoms with Gasteiger partial charge in [-0.1, -0.05) is 41.7 Å². The van der Waals surface area contributed by atoms with Crippen LogP contribution in [0.15, 0.2) is 54.7 Å². The Bertz CT molecular complexity index is 1080. The highest BCUT2D eigenvalue weighted by molar-refractivity contribution is 7.20. The molecule has 0 amide bonds. The molecule has 0 N–H and O–H groups in total. The number of methoxy groups -OCH3 is 2. The first-order chi connectivity index (χ1) is 12.7. The second kappa shape index (κ2) is 6.65. The van der Waals surface area contributed by atoms with Crippen molar-refractivity contribution in [1.82, 2.24) is 9.38 Å². The number of hydrogen-bond donors (Lipinski definition) is 0. The van der Waals surface area contributed by atoms with Crippen molar-refractivity contribution in [2.45, 2.75) is 0 Å². The first kappa shape index (κ1) is 16.4. The molecule has 4 aromatic rings. The summed E-state index contributed by atoms with van der Waals surface area (Å²) in [5.74, 6) is 1.30. The minimum absolute atomic E-state index is 0.502. The second-order valence-corrected chi connectivity index (χ2v) is 6.65. The lowest BCUT2D eigenvalue weighted by atomic mass is 10.1. The van der Waals surface area contributed by atoms with Gasteiger partial charge in [0.25, 0.3) is 0 Å². The predicted octanol–water partition coefficient (Wildman–Crippen LogP) is 4.56. The molecule has 0 saturated carbocycles. The van der Waals surface area contributed by atoms with Crippen molar-refractivity contribution < 1.29 is 14.3 Å². The molecule has 5 nitrogen and oxygen atoms in total. The number of aldehydes is 1. The number of thiazole rings is 1. The van der Waals surface area contributed by atoms with Gasteiger partial charge in [-0.15, -0.1) is 0 Å². The van der Waals surface area contributed by atoms with Crippen LogP contribution in [0.4, 0.5) is 0 Å². The Morgan fingerprint density at radius 2 is 1.88 bits per heavy atom. The van der Waals surface area contributed by atoms with Crippen LogP contribution in [-0.2, 0) is 0 Å². The minimum Gasteiger partial charge on any atom is -0.497 e. The fraction of sp³-hybridized carbons (Fsp3) is 0.100. The monoisotopic (exact) mass is 364 g/mol. The Morgan fingerprint density at radius 3 is 2.58 bits per heavy atom. The lowest BCUT2D eigenvalue weighted by Gasteiger charge is -2.09. The van der Waals surface area contributed by atoms with E-state index in [-0.39, 0.29) is 0 Å². The van der Waals surface area contributed by atoms with Crippen LogP contribution in [0.1, 0.15) is 10.5 Å². The summed E-state index contributed by atoms with van der Waals surface area (Å²) in [5.41, 5.74) is 2.96.